The minimum Gasteiger partial charge on any atom is -0.306 e. The molecule has 0 bridgehead atoms. The van der Waals surface area contributed by atoms with E-state index in [4.69, 9.17) is 4.98 Å². The van der Waals surface area contributed by atoms with Crippen LogP contribution in [-0.4, -0.2) is 45.2 Å². The van der Waals surface area contributed by atoms with Gasteiger partial charge in [0.1, 0.15) is 11.5 Å². The van der Waals surface area contributed by atoms with Crippen LogP contribution in [0.2, 0.25) is 0 Å². The van der Waals surface area contributed by atoms with Crippen LogP contribution in [0.25, 0.3) is 11.4 Å². The van der Waals surface area contributed by atoms with Gasteiger partial charge in [-0.3, -0.25) is 5.10 Å². The van der Waals surface area contributed by atoms with Gasteiger partial charge in [-0.15, -0.1) is 0 Å². The first-order chi connectivity index (χ1) is 9.61. The number of likely N-dealkylation sites (tertiary alicyclic amines) is 1. The van der Waals surface area contributed by atoms with E-state index in [1.165, 1.54) is 19.4 Å². The smallest absolute Gasteiger partial charge is 0.133 e. The molecule has 1 atom stereocenters. The van der Waals surface area contributed by atoms with Gasteiger partial charge in [0.05, 0.1) is 5.69 Å². The van der Waals surface area contributed by atoms with Crippen molar-refractivity contribution >= 4 is 0 Å². The molecule has 0 spiro atoms. The van der Waals surface area contributed by atoms with Gasteiger partial charge in [-0.25, -0.2) is 9.97 Å². The van der Waals surface area contributed by atoms with E-state index in [-0.39, 0.29) is 0 Å². The largest absolute Gasteiger partial charge is 0.306 e. The van der Waals surface area contributed by atoms with Gasteiger partial charge in [0.2, 0.25) is 0 Å². The number of aromatic amines is 1. The predicted molar refractivity (Wildman–Crippen MR) is 78.6 cm³/mol. The summed E-state index contributed by atoms with van der Waals surface area (Å²) in [5.74, 6) is 1.40. The van der Waals surface area contributed by atoms with Crippen LogP contribution in [0.3, 0.4) is 0 Å². The molecule has 5 heteroatoms. The van der Waals surface area contributed by atoms with E-state index >= 15 is 0 Å². The van der Waals surface area contributed by atoms with E-state index in [2.05, 4.69) is 27.1 Å². The Morgan fingerprint density at radius 2 is 2.05 bits per heavy atom. The molecule has 1 N–H and O–H groups in total. The first kappa shape index (κ1) is 13.2. The Morgan fingerprint density at radius 1 is 1.20 bits per heavy atom. The number of nitrogens with one attached hydrogen (secondary N) is 1. The van der Waals surface area contributed by atoms with Crippen LogP contribution in [0.1, 0.15) is 36.0 Å². The number of aryl methyl sites for hydroxylation is 2. The van der Waals surface area contributed by atoms with Gasteiger partial charge in [0.15, 0.2) is 0 Å². The third-order valence-electron chi connectivity index (χ3n) is 3.83. The molecule has 2 aromatic rings. The Kier molecular flexibility index (Phi) is 3.53. The molecule has 2 aromatic heterocycles. The molecule has 106 valence electrons. The summed E-state index contributed by atoms with van der Waals surface area (Å²) in [5, 5.41) is 7.28. The number of nitrogens with zero attached hydrogens (tertiary/aromatic N) is 4. The van der Waals surface area contributed by atoms with Crippen molar-refractivity contribution < 1.29 is 0 Å². The number of hydrogen-bond donors (Lipinski definition) is 1. The van der Waals surface area contributed by atoms with Crippen molar-refractivity contribution in [2.24, 2.45) is 0 Å². The highest BCUT2D eigenvalue weighted by Gasteiger charge is 2.22. The average molecular weight is 271 g/mol. The van der Waals surface area contributed by atoms with Crippen molar-refractivity contribution in [1.82, 2.24) is 25.1 Å². The maximum atomic E-state index is 4.76. The first-order valence-corrected chi connectivity index (χ1v) is 7.18. The van der Waals surface area contributed by atoms with Crippen molar-refractivity contribution in [3.05, 3.63) is 29.3 Å². The van der Waals surface area contributed by atoms with Crippen LogP contribution in [0, 0.1) is 13.8 Å². The molecule has 1 fully saturated rings. The summed E-state index contributed by atoms with van der Waals surface area (Å²) in [7, 11) is 2.17. The average Bonchev–Trinajstić information content (AvgIpc) is 2.85. The van der Waals surface area contributed by atoms with Gasteiger partial charge < -0.3 is 4.90 Å². The highest BCUT2D eigenvalue weighted by Crippen LogP contribution is 2.26. The quantitative estimate of drug-likeness (QED) is 0.910. The zero-order chi connectivity index (χ0) is 14.1. The molecule has 20 heavy (non-hydrogen) atoms. The van der Waals surface area contributed by atoms with Crippen molar-refractivity contribution in [2.45, 2.75) is 32.6 Å². The highest BCUT2D eigenvalue weighted by molar-refractivity contribution is 5.54. The summed E-state index contributed by atoms with van der Waals surface area (Å²) in [5.41, 5.74) is 3.89. The van der Waals surface area contributed by atoms with E-state index in [1.54, 1.807) is 0 Å². The molecule has 0 amide bonds. The molecule has 1 saturated heterocycles. The summed E-state index contributed by atoms with van der Waals surface area (Å²) in [6.07, 6.45) is 2.39. The number of piperidine rings is 1. The number of H-pyrrole nitrogens is 1. The maximum absolute atomic E-state index is 4.76. The van der Waals surface area contributed by atoms with Gasteiger partial charge in [-0.1, -0.05) is 0 Å². The number of hydrogen-bond acceptors (Lipinski definition) is 4. The molecule has 0 aliphatic carbocycles. The maximum Gasteiger partial charge on any atom is 0.133 e. The lowest BCUT2D eigenvalue weighted by atomic mass is 9.97. The van der Waals surface area contributed by atoms with Crippen molar-refractivity contribution in [3.63, 3.8) is 0 Å². The lowest BCUT2D eigenvalue weighted by Crippen LogP contribution is -2.31. The monoisotopic (exact) mass is 271 g/mol. The van der Waals surface area contributed by atoms with Gasteiger partial charge in [0, 0.05) is 23.9 Å². The minimum atomic E-state index is 0.437. The van der Waals surface area contributed by atoms with Crippen molar-refractivity contribution in [2.75, 3.05) is 20.1 Å². The van der Waals surface area contributed by atoms with Gasteiger partial charge >= 0.3 is 0 Å². The molecular formula is C15H21N5. The fraction of sp³-hybridized carbons (Fsp3) is 0.533. The van der Waals surface area contributed by atoms with E-state index in [9.17, 15) is 0 Å². The van der Waals surface area contributed by atoms with Crippen molar-refractivity contribution in [3.8, 4) is 11.4 Å². The van der Waals surface area contributed by atoms with E-state index in [0.29, 0.717) is 5.92 Å². The van der Waals surface area contributed by atoms with E-state index < -0.39 is 0 Å². The van der Waals surface area contributed by atoms with Gasteiger partial charge in [-0.2, -0.15) is 5.10 Å². The van der Waals surface area contributed by atoms with Gasteiger partial charge in [-0.05, 0) is 52.4 Å². The zero-order valence-corrected chi connectivity index (χ0v) is 12.3. The minimum absolute atomic E-state index is 0.437. The molecule has 3 rings (SSSR count). The molecule has 5 nitrogen and oxygen atoms in total. The third kappa shape index (κ3) is 2.72. The Balaban J connectivity index is 1.94. The molecular weight excluding hydrogens is 250 g/mol. The molecule has 1 aliphatic rings. The lowest BCUT2D eigenvalue weighted by molar-refractivity contribution is 0.246. The van der Waals surface area contributed by atoms with Crippen molar-refractivity contribution in [1.29, 1.82) is 0 Å². The van der Waals surface area contributed by atoms with Crippen LogP contribution in [-0.2, 0) is 0 Å². The number of aromatic nitrogens is 4. The van der Waals surface area contributed by atoms with E-state index in [0.717, 1.165) is 35.1 Å². The Labute approximate surface area is 119 Å². The summed E-state index contributed by atoms with van der Waals surface area (Å²) >= 11 is 0. The molecule has 0 aromatic carbocycles. The Morgan fingerprint density at radius 3 is 2.75 bits per heavy atom. The Bertz CT molecular complexity index is 604. The fourth-order valence-electron chi connectivity index (χ4n) is 2.83. The molecule has 1 unspecified atom stereocenters. The molecule has 3 heterocycles. The van der Waals surface area contributed by atoms with Crippen LogP contribution in [0.5, 0.6) is 0 Å². The summed E-state index contributed by atoms with van der Waals surface area (Å²) in [6, 6.07) is 4.03. The third-order valence-corrected chi connectivity index (χ3v) is 3.83. The second-order valence-electron chi connectivity index (χ2n) is 5.79. The Hall–Kier alpha value is -1.75. The van der Waals surface area contributed by atoms with Crippen LogP contribution < -0.4 is 0 Å². The van der Waals surface area contributed by atoms with Crippen LogP contribution in [0.15, 0.2) is 12.1 Å². The summed E-state index contributed by atoms with van der Waals surface area (Å²) in [6.45, 7) is 6.25. The summed E-state index contributed by atoms with van der Waals surface area (Å²) in [4.78, 5) is 11.8. The lowest BCUT2D eigenvalue weighted by Gasteiger charge is -2.28. The van der Waals surface area contributed by atoms with Crippen LogP contribution >= 0.6 is 0 Å². The molecule has 0 radical (unpaired) electrons. The normalized spacial score (nSPS) is 20.2. The second-order valence-corrected chi connectivity index (χ2v) is 5.79. The van der Waals surface area contributed by atoms with Gasteiger partial charge in [0.25, 0.3) is 0 Å². The molecule has 0 saturated carbocycles. The number of rotatable bonds is 2. The first-order valence-electron chi connectivity index (χ1n) is 7.18. The zero-order valence-electron chi connectivity index (χ0n) is 12.3. The standard InChI is InChI=1S/C15H21N5/c1-10-7-13(14-8-11(2)18-19-14)17-15(16-10)12-5-4-6-20(3)9-12/h7-8,12H,4-6,9H2,1-3H3,(H,18,19). The summed E-state index contributed by atoms with van der Waals surface area (Å²) < 4.78 is 0. The fourth-order valence-corrected chi connectivity index (χ4v) is 2.83. The molecule has 1 aliphatic heterocycles. The second kappa shape index (κ2) is 5.32. The topological polar surface area (TPSA) is 57.7 Å². The highest BCUT2D eigenvalue weighted by atomic mass is 15.1. The van der Waals surface area contributed by atoms with E-state index in [1.807, 2.05) is 26.0 Å². The van der Waals surface area contributed by atoms with Crippen LogP contribution in [0.4, 0.5) is 0 Å². The SMILES string of the molecule is Cc1cc(-c2cc(C)[nH]n2)nc(C2CCCN(C)C2)n1. The predicted octanol–water partition coefficient (Wildman–Crippen LogP) is 2.29. The number of likely N-dealkylation sites (N-methyl/N-ethyl adjacent to an activating group) is 1.